The molecule has 0 saturated heterocycles. The van der Waals surface area contributed by atoms with E-state index in [2.05, 4.69) is 58.9 Å². The van der Waals surface area contributed by atoms with E-state index < -0.39 is 0 Å². The zero-order valence-corrected chi connectivity index (χ0v) is 13.1. The van der Waals surface area contributed by atoms with Gasteiger partial charge in [0.2, 0.25) is 0 Å². The summed E-state index contributed by atoms with van der Waals surface area (Å²) in [6.45, 7) is 7.32. The highest BCUT2D eigenvalue weighted by molar-refractivity contribution is 7.10. The Balaban J connectivity index is 2.16. The average molecular weight is 290 g/mol. The number of thiophene rings is 1. The molecular weight excluding hydrogens is 268 g/mol. The second-order valence-electron chi connectivity index (χ2n) is 4.74. The highest BCUT2D eigenvalue weighted by atomic mass is 32.1. The van der Waals surface area contributed by atoms with Crippen molar-refractivity contribution in [1.82, 2.24) is 9.97 Å². The Morgan fingerprint density at radius 1 is 1.25 bits per heavy atom. The monoisotopic (exact) mass is 290 g/mol. The topological polar surface area (TPSA) is 49.8 Å². The van der Waals surface area contributed by atoms with E-state index >= 15 is 0 Å². The molecule has 2 rings (SSSR count). The van der Waals surface area contributed by atoms with Gasteiger partial charge < -0.3 is 10.6 Å². The van der Waals surface area contributed by atoms with Gasteiger partial charge in [-0.25, -0.2) is 9.97 Å². The van der Waals surface area contributed by atoms with E-state index in [1.807, 2.05) is 0 Å². The fraction of sp³-hybridized carbons (Fsp3) is 0.467. The summed E-state index contributed by atoms with van der Waals surface area (Å²) in [5.74, 6) is 1.84. The van der Waals surface area contributed by atoms with Crippen LogP contribution in [0.4, 0.5) is 11.6 Å². The van der Waals surface area contributed by atoms with Crippen LogP contribution in [-0.2, 0) is 0 Å². The van der Waals surface area contributed by atoms with Gasteiger partial charge in [-0.1, -0.05) is 19.9 Å². The van der Waals surface area contributed by atoms with Gasteiger partial charge in [0.25, 0.3) is 0 Å². The van der Waals surface area contributed by atoms with Crippen molar-refractivity contribution in [2.75, 3.05) is 17.2 Å². The summed E-state index contributed by atoms with van der Waals surface area (Å²) in [4.78, 5) is 10.0. The van der Waals surface area contributed by atoms with E-state index in [1.165, 1.54) is 4.88 Å². The van der Waals surface area contributed by atoms with Crippen molar-refractivity contribution in [2.45, 2.75) is 39.7 Å². The lowest BCUT2D eigenvalue weighted by atomic mass is 10.2. The van der Waals surface area contributed by atoms with Crippen LogP contribution in [-0.4, -0.2) is 16.5 Å². The van der Waals surface area contributed by atoms with Gasteiger partial charge in [-0.05, 0) is 31.2 Å². The molecule has 108 valence electrons. The van der Waals surface area contributed by atoms with Crippen LogP contribution < -0.4 is 10.6 Å². The number of hydrogen-bond acceptors (Lipinski definition) is 5. The Bertz CT molecular complexity index is 525. The molecule has 5 heteroatoms. The molecule has 0 bridgehead atoms. The summed E-state index contributed by atoms with van der Waals surface area (Å²) in [5, 5.41) is 8.99. The molecule has 1 atom stereocenters. The fourth-order valence-corrected chi connectivity index (χ4v) is 2.91. The minimum Gasteiger partial charge on any atom is -0.370 e. The molecule has 0 fully saturated rings. The van der Waals surface area contributed by atoms with Crippen LogP contribution in [0.5, 0.6) is 0 Å². The van der Waals surface area contributed by atoms with Crippen LogP contribution in [0.25, 0.3) is 0 Å². The third-order valence-corrected chi connectivity index (χ3v) is 4.22. The number of nitrogens with one attached hydrogen (secondary N) is 2. The Labute approximate surface area is 124 Å². The molecule has 2 N–H and O–H groups in total. The smallest absolute Gasteiger partial charge is 0.134 e. The van der Waals surface area contributed by atoms with Crippen LogP contribution in [0, 0.1) is 6.92 Å². The molecule has 2 aromatic rings. The largest absolute Gasteiger partial charge is 0.370 e. The predicted octanol–water partition coefficient (Wildman–Crippen LogP) is 4.23. The van der Waals surface area contributed by atoms with E-state index in [-0.39, 0.29) is 0 Å². The van der Waals surface area contributed by atoms with Crippen molar-refractivity contribution < 1.29 is 0 Å². The summed E-state index contributed by atoms with van der Waals surface area (Å²) in [6, 6.07) is 4.56. The molecule has 2 heterocycles. The van der Waals surface area contributed by atoms with Gasteiger partial charge in [0, 0.05) is 17.0 Å². The number of aromatic nitrogens is 2. The molecule has 0 saturated carbocycles. The fourth-order valence-electron chi connectivity index (χ4n) is 2.05. The minimum absolute atomic E-state index is 0.308. The molecule has 0 aliphatic carbocycles. The predicted molar refractivity (Wildman–Crippen MR) is 86.5 cm³/mol. The lowest BCUT2D eigenvalue weighted by molar-refractivity contribution is 0.756. The van der Waals surface area contributed by atoms with Gasteiger partial charge in [-0.3, -0.25) is 0 Å². The summed E-state index contributed by atoms with van der Waals surface area (Å²) >= 11 is 1.78. The van der Waals surface area contributed by atoms with Crippen LogP contribution in [0.2, 0.25) is 0 Å². The lowest BCUT2D eigenvalue weighted by Gasteiger charge is -2.18. The van der Waals surface area contributed by atoms with E-state index in [0.29, 0.717) is 6.04 Å². The third-order valence-electron chi connectivity index (χ3n) is 3.23. The van der Waals surface area contributed by atoms with Crippen LogP contribution in [0.1, 0.15) is 43.2 Å². The molecule has 20 heavy (non-hydrogen) atoms. The molecule has 0 amide bonds. The molecule has 4 nitrogen and oxygen atoms in total. The van der Waals surface area contributed by atoms with Crippen molar-refractivity contribution in [3.63, 3.8) is 0 Å². The first kappa shape index (κ1) is 14.8. The molecular formula is C15H22N4S. The maximum Gasteiger partial charge on any atom is 0.134 e. The van der Waals surface area contributed by atoms with Crippen molar-refractivity contribution in [3.05, 3.63) is 34.3 Å². The minimum atomic E-state index is 0.308. The second kappa shape index (κ2) is 7.24. The molecule has 0 spiro atoms. The first-order chi connectivity index (χ1) is 9.76. The van der Waals surface area contributed by atoms with E-state index in [9.17, 15) is 0 Å². The van der Waals surface area contributed by atoms with E-state index in [0.717, 1.165) is 36.6 Å². The van der Waals surface area contributed by atoms with E-state index in [4.69, 9.17) is 0 Å². The highest BCUT2D eigenvalue weighted by Gasteiger charge is 2.13. The lowest BCUT2D eigenvalue weighted by Crippen LogP contribution is -2.12. The second-order valence-corrected chi connectivity index (χ2v) is 5.72. The molecule has 0 aromatic carbocycles. The third kappa shape index (κ3) is 3.48. The first-order valence-corrected chi connectivity index (χ1v) is 7.99. The SMILES string of the molecule is CCCNc1ncnc(NC(CC)c2cccs2)c1C. The quantitative estimate of drug-likeness (QED) is 0.801. The number of nitrogens with zero attached hydrogens (tertiary/aromatic N) is 2. The Kier molecular flexibility index (Phi) is 5.35. The summed E-state index contributed by atoms with van der Waals surface area (Å²) < 4.78 is 0. The number of anilines is 2. The number of rotatable bonds is 7. The number of hydrogen-bond donors (Lipinski definition) is 2. The summed E-state index contributed by atoms with van der Waals surface area (Å²) in [7, 11) is 0. The highest BCUT2D eigenvalue weighted by Crippen LogP contribution is 2.28. The van der Waals surface area contributed by atoms with Crippen molar-refractivity contribution in [1.29, 1.82) is 0 Å². The van der Waals surface area contributed by atoms with E-state index in [1.54, 1.807) is 17.7 Å². The van der Waals surface area contributed by atoms with Gasteiger partial charge in [0.05, 0.1) is 6.04 Å². The van der Waals surface area contributed by atoms with Crippen LogP contribution >= 0.6 is 11.3 Å². The van der Waals surface area contributed by atoms with Gasteiger partial charge in [0.1, 0.15) is 18.0 Å². The Morgan fingerprint density at radius 3 is 2.70 bits per heavy atom. The van der Waals surface area contributed by atoms with Crippen molar-refractivity contribution >= 4 is 23.0 Å². The maximum absolute atomic E-state index is 4.39. The van der Waals surface area contributed by atoms with Crippen molar-refractivity contribution in [3.8, 4) is 0 Å². The van der Waals surface area contributed by atoms with Gasteiger partial charge in [-0.2, -0.15) is 0 Å². The molecule has 0 aliphatic heterocycles. The molecule has 0 aliphatic rings. The van der Waals surface area contributed by atoms with Crippen molar-refractivity contribution in [2.24, 2.45) is 0 Å². The zero-order chi connectivity index (χ0) is 14.4. The summed E-state index contributed by atoms with van der Waals surface area (Å²) in [6.07, 6.45) is 3.73. The average Bonchev–Trinajstić information content (AvgIpc) is 2.99. The normalized spacial score (nSPS) is 12.2. The van der Waals surface area contributed by atoms with Crippen LogP contribution in [0.3, 0.4) is 0 Å². The Morgan fingerprint density at radius 2 is 2.05 bits per heavy atom. The summed E-state index contributed by atoms with van der Waals surface area (Å²) in [5.41, 5.74) is 1.08. The van der Waals surface area contributed by atoms with Gasteiger partial charge >= 0.3 is 0 Å². The maximum atomic E-state index is 4.39. The first-order valence-electron chi connectivity index (χ1n) is 7.11. The molecule has 1 unspecified atom stereocenters. The van der Waals surface area contributed by atoms with Crippen LogP contribution in [0.15, 0.2) is 23.8 Å². The van der Waals surface area contributed by atoms with Gasteiger partial charge in [-0.15, -0.1) is 11.3 Å². The zero-order valence-electron chi connectivity index (χ0n) is 12.3. The molecule has 2 aromatic heterocycles. The van der Waals surface area contributed by atoms with Gasteiger partial charge in [0.15, 0.2) is 0 Å². The Hall–Kier alpha value is -1.62. The molecule has 0 radical (unpaired) electrons. The standard InChI is InChI=1S/C15H22N4S/c1-4-8-16-14-11(3)15(18-10-17-14)19-12(5-2)13-7-6-9-20-13/h6-7,9-10,12H,4-5,8H2,1-3H3,(H2,16,17,18,19).